The number of urea groups is 1. The first-order chi connectivity index (χ1) is 10.8. The summed E-state index contributed by atoms with van der Waals surface area (Å²) in [6.07, 6.45) is 1.13. The number of carbonyl (C=O) groups excluding carboxylic acids is 1. The second kappa shape index (κ2) is 6.64. The molecular formula is C15H19N3O5. The van der Waals surface area contributed by atoms with E-state index in [9.17, 15) is 24.8 Å². The van der Waals surface area contributed by atoms with Crippen molar-refractivity contribution in [2.45, 2.75) is 32.7 Å². The molecule has 2 N–H and O–H groups in total. The molecule has 1 aromatic carbocycles. The smallest absolute Gasteiger partial charge is 0.326 e. The van der Waals surface area contributed by atoms with Crippen molar-refractivity contribution in [3.05, 3.63) is 33.9 Å². The van der Waals surface area contributed by atoms with E-state index in [0.29, 0.717) is 18.5 Å². The molecule has 1 fully saturated rings. The van der Waals surface area contributed by atoms with Gasteiger partial charge in [-0.25, -0.2) is 9.59 Å². The average molecular weight is 321 g/mol. The van der Waals surface area contributed by atoms with Crippen LogP contribution in [0.25, 0.3) is 0 Å². The Morgan fingerprint density at radius 2 is 2.13 bits per heavy atom. The SMILES string of the molecule is Cc1ccc(NC(=O)N2CC[C@@H](C)C[C@H]2C(=O)O)cc1[N+](=O)[O-]. The molecule has 0 saturated carbocycles. The van der Waals surface area contributed by atoms with Crippen LogP contribution in [0.3, 0.4) is 0 Å². The molecule has 1 saturated heterocycles. The number of piperidine rings is 1. The highest BCUT2D eigenvalue weighted by Crippen LogP contribution is 2.25. The minimum Gasteiger partial charge on any atom is -0.480 e. The van der Waals surface area contributed by atoms with Crippen molar-refractivity contribution >= 4 is 23.4 Å². The van der Waals surface area contributed by atoms with Crippen LogP contribution >= 0.6 is 0 Å². The van der Waals surface area contributed by atoms with Crippen LogP contribution in [-0.4, -0.2) is 39.5 Å². The Labute approximate surface area is 133 Å². The summed E-state index contributed by atoms with van der Waals surface area (Å²) in [4.78, 5) is 35.4. The zero-order valence-electron chi connectivity index (χ0n) is 13.0. The number of nitro benzene ring substituents is 1. The van der Waals surface area contributed by atoms with Gasteiger partial charge in [0.15, 0.2) is 0 Å². The maximum absolute atomic E-state index is 12.3. The zero-order valence-corrected chi connectivity index (χ0v) is 13.0. The predicted octanol–water partition coefficient (Wildman–Crippen LogP) is 2.62. The molecule has 124 valence electrons. The lowest BCUT2D eigenvalue weighted by Gasteiger charge is -2.35. The fraction of sp³-hybridized carbons (Fsp3) is 0.467. The number of likely N-dealkylation sites (tertiary alicyclic amines) is 1. The first-order valence-electron chi connectivity index (χ1n) is 7.35. The summed E-state index contributed by atoms with van der Waals surface area (Å²) in [6, 6.07) is 2.94. The van der Waals surface area contributed by atoms with Crippen LogP contribution in [-0.2, 0) is 4.79 Å². The van der Waals surface area contributed by atoms with Gasteiger partial charge in [0.1, 0.15) is 6.04 Å². The van der Waals surface area contributed by atoms with Crippen molar-refractivity contribution in [1.29, 1.82) is 0 Å². The number of amides is 2. The molecule has 0 radical (unpaired) electrons. The van der Waals surface area contributed by atoms with Crippen LogP contribution in [0, 0.1) is 23.0 Å². The van der Waals surface area contributed by atoms with Crippen molar-refractivity contribution in [1.82, 2.24) is 4.90 Å². The molecule has 0 bridgehead atoms. The number of benzene rings is 1. The Kier molecular flexibility index (Phi) is 4.83. The highest BCUT2D eigenvalue weighted by atomic mass is 16.6. The number of hydrogen-bond donors (Lipinski definition) is 2. The first kappa shape index (κ1) is 16.7. The summed E-state index contributed by atoms with van der Waals surface area (Å²) in [5.41, 5.74) is 0.670. The molecule has 2 amide bonds. The van der Waals surface area contributed by atoms with Gasteiger partial charge in [-0.1, -0.05) is 13.0 Å². The lowest BCUT2D eigenvalue weighted by atomic mass is 9.93. The number of nitrogens with zero attached hydrogens (tertiary/aromatic N) is 2. The lowest BCUT2D eigenvalue weighted by Crippen LogP contribution is -2.51. The van der Waals surface area contributed by atoms with Gasteiger partial charge in [0.25, 0.3) is 5.69 Å². The van der Waals surface area contributed by atoms with Gasteiger partial charge in [-0.05, 0) is 31.7 Å². The van der Waals surface area contributed by atoms with E-state index in [1.165, 1.54) is 11.0 Å². The van der Waals surface area contributed by atoms with Gasteiger partial charge in [-0.15, -0.1) is 0 Å². The van der Waals surface area contributed by atoms with E-state index in [2.05, 4.69) is 5.32 Å². The van der Waals surface area contributed by atoms with E-state index in [-0.39, 0.29) is 17.3 Å². The number of nitrogens with one attached hydrogen (secondary N) is 1. The number of rotatable bonds is 3. The van der Waals surface area contributed by atoms with Gasteiger partial charge in [-0.2, -0.15) is 0 Å². The van der Waals surface area contributed by atoms with E-state index in [4.69, 9.17) is 0 Å². The van der Waals surface area contributed by atoms with Gasteiger partial charge in [0, 0.05) is 23.9 Å². The molecule has 1 aromatic rings. The first-order valence-corrected chi connectivity index (χ1v) is 7.35. The molecule has 8 nitrogen and oxygen atoms in total. The van der Waals surface area contributed by atoms with Gasteiger partial charge >= 0.3 is 12.0 Å². The number of hydrogen-bond acceptors (Lipinski definition) is 4. The monoisotopic (exact) mass is 321 g/mol. The summed E-state index contributed by atoms with van der Waals surface area (Å²) < 4.78 is 0. The molecule has 0 unspecified atom stereocenters. The Balaban J connectivity index is 2.16. The van der Waals surface area contributed by atoms with Crippen molar-refractivity contribution in [3.8, 4) is 0 Å². The summed E-state index contributed by atoms with van der Waals surface area (Å²) >= 11 is 0. The molecule has 23 heavy (non-hydrogen) atoms. The van der Waals surface area contributed by atoms with Crippen molar-refractivity contribution in [2.75, 3.05) is 11.9 Å². The van der Waals surface area contributed by atoms with Gasteiger partial charge < -0.3 is 15.3 Å². The maximum Gasteiger partial charge on any atom is 0.326 e. The minimum absolute atomic E-state index is 0.0927. The fourth-order valence-corrected chi connectivity index (χ4v) is 2.70. The van der Waals surface area contributed by atoms with Crippen LogP contribution in [0.5, 0.6) is 0 Å². The molecule has 1 heterocycles. The summed E-state index contributed by atoms with van der Waals surface area (Å²) in [5.74, 6) is -0.804. The third-order valence-electron chi connectivity index (χ3n) is 4.07. The largest absolute Gasteiger partial charge is 0.480 e. The molecule has 8 heteroatoms. The maximum atomic E-state index is 12.3. The van der Waals surface area contributed by atoms with Crippen LogP contribution in [0.15, 0.2) is 18.2 Å². The summed E-state index contributed by atoms with van der Waals surface area (Å²) in [6.45, 7) is 3.91. The number of aryl methyl sites for hydroxylation is 1. The molecule has 2 rings (SSSR count). The minimum atomic E-state index is -1.04. The van der Waals surface area contributed by atoms with E-state index >= 15 is 0 Å². The predicted molar refractivity (Wildman–Crippen MR) is 83.4 cm³/mol. The average Bonchev–Trinajstić information content (AvgIpc) is 2.48. The van der Waals surface area contributed by atoms with Gasteiger partial charge in [0.05, 0.1) is 4.92 Å². The van der Waals surface area contributed by atoms with Crippen molar-refractivity contribution in [2.24, 2.45) is 5.92 Å². The van der Waals surface area contributed by atoms with E-state index in [1.807, 2.05) is 6.92 Å². The Morgan fingerprint density at radius 3 is 2.74 bits per heavy atom. The third kappa shape index (κ3) is 3.77. The highest BCUT2D eigenvalue weighted by Gasteiger charge is 2.34. The van der Waals surface area contributed by atoms with Gasteiger partial charge in [0.2, 0.25) is 0 Å². The van der Waals surface area contributed by atoms with Gasteiger partial charge in [-0.3, -0.25) is 10.1 Å². The molecule has 0 aliphatic carbocycles. The lowest BCUT2D eigenvalue weighted by molar-refractivity contribution is -0.385. The number of carboxylic acids is 1. The third-order valence-corrected chi connectivity index (χ3v) is 4.07. The van der Waals surface area contributed by atoms with Crippen molar-refractivity contribution < 1.29 is 19.6 Å². The molecule has 1 aliphatic rings. The molecule has 0 aromatic heterocycles. The molecular weight excluding hydrogens is 302 g/mol. The van der Waals surface area contributed by atoms with E-state index in [0.717, 1.165) is 6.42 Å². The van der Waals surface area contributed by atoms with Crippen LogP contribution in [0.2, 0.25) is 0 Å². The molecule has 2 atom stereocenters. The second-order valence-corrected chi connectivity index (χ2v) is 5.87. The Morgan fingerprint density at radius 1 is 1.43 bits per heavy atom. The standard InChI is InChI=1S/C15H19N3O5/c1-9-5-6-17(13(7-9)14(19)20)15(21)16-11-4-3-10(2)12(8-11)18(22)23/h3-4,8-9,13H,5-7H2,1-2H3,(H,16,21)(H,19,20)/t9-,13+/m1/s1. The quantitative estimate of drug-likeness (QED) is 0.656. The van der Waals surface area contributed by atoms with E-state index < -0.39 is 23.0 Å². The molecule has 1 aliphatic heterocycles. The number of carboxylic acid groups (broad SMARTS) is 1. The second-order valence-electron chi connectivity index (χ2n) is 5.87. The number of anilines is 1. The number of aliphatic carboxylic acids is 1. The number of nitro groups is 1. The topological polar surface area (TPSA) is 113 Å². The highest BCUT2D eigenvalue weighted by molar-refractivity contribution is 5.92. The van der Waals surface area contributed by atoms with Crippen LogP contribution < -0.4 is 5.32 Å². The number of carbonyl (C=O) groups is 2. The Hall–Kier alpha value is -2.64. The fourth-order valence-electron chi connectivity index (χ4n) is 2.70. The summed E-state index contributed by atoms with van der Waals surface area (Å²) in [5, 5.41) is 22.8. The Bertz CT molecular complexity index is 646. The van der Waals surface area contributed by atoms with E-state index in [1.54, 1.807) is 19.1 Å². The van der Waals surface area contributed by atoms with Crippen LogP contribution in [0.1, 0.15) is 25.3 Å². The summed E-state index contributed by atoms with van der Waals surface area (Å²) in [7, 11) is 0. The van der Waals surface area contributed by atoms with Crippen LogP contribution in [0.4, 0.5) is 16.2 Å². The normalized spacial score (nSPS) is 20.9. The molecule has 0 spiro atoms. The zero-order chi connectivity index (χ0) is 17.1. The van der Waals surface area contributed by atoms with Crippen molar-refractivity contribution in [3.63, 3.8) is 0 Å².